The number of benzene rings is 1. The number of anilines is 1. The lowest BCUT2D eigenvalue weighted by Gasteiger charge is -2.20. The minimum Gasteiger partial charge on any atom is -0.366 e. The van der Waals surface area contributed by atoms with Crippen LogP contribution >= 0.6 is 11.6 Å². The smallest absolute Gasteiger partial charge is 0.148 e. The fourth-order valence-electron chi connectivity index (χ4n) is 5.00. The molecule has 3 aromatic rings. The maximum Gasteiger partial charge on any atom is 0.148 e. The second-order valence-electron chi connectivity index (χ2n) is 8.72. The van der Waals surface area contributed by atoms with Crippen LogP contribution in [-0.4, -0.2) is 39.2 Å². The molecule has 1 aliphatic heterocycles. The van der Waals surface area contributed by atoms with Crippen molar-refractivity contribution in [2.75, 3.05) is 18.4 Å². The van der Waals surface area contributed by atoms with Gasteiger partial charge in [0.2, 0.25) is 0 Å². The van der Waals surface area contributed by atoms with Crippen molar-refractivity contribution in [2.24, 2.45) is 11.8 Å². The highest BCUT2D eigenvalue weighted by molar-refractivity contribution is 6.33. The number of aryl methyl sites for hydroxylation is 1. The van der Waals surface area contributed by atoms with Gasteiger partial charge in [-0.3, -0.25) is 9.88 Å². The molecular weight excluding hydrogens is 413 g/mol. The number of hydrogen-bond acceptors (Lipinski definition) is 5. The summed E-state index contributed by atoms with van der Waals surface area (Å²) < 4.78 is 13.5. The van der Waals surface area contributed by atoms with Gasteiger partial charge in [-0.2, -0.15) is 0 Å². The highest BCUT2D eigenvalue weighted by Gasteiger charge is 2.41. The molecule has 5 rings (SSSR count). The number of nitrogens with one attached hydrogen (secondary N) is 1. The van der Waals surface area contributed by atoms with E-state index in [0.29, 0.717) is 34.2 Å². The summed E-state index contributed by atoms with van der Waals surface area (Å²) in [6.07, 6.45) is 4.16. The van der Waals surface area contributed by atoms with E-state index in [0.717, 1.165) is 38.3 Å². The maximum absolute atomic E-state index is 13.5. The zero-order valence-electron chi connectivity index (χ0n) is 17.4. The van der Waals surface area contributed by atoms with Crippen molar-refractivity contribution < 1.29 is 4.39 Å². The number of likely N-dealkylation sites (tertiary alicyclic amines) is 1. The summed E-state index contributed by atoms with van der Waals surface area (Å²) in [5.41, 5.74) is 3.57. The largest absolute Gasteiger partial charge is 0.366 e. The molecule has 0 radical (unpaired) electrons. The van der Waals surface area contributed by atoms with Crippen molar-refractivity contribution >= 4 is 17.4 Å². The lowest BCUT2D eigenvalue weighted by atomic mass is 10.0. The molecule has 1 N–H and O–H groups in total. The molecule has 2 aliphatic rings. The number of halogens is 2. The molecule has 1 saturated carbocycles. The second kappa shape index (κ2) is 8.52. The average Bonchev–Trinajstić information content (AvgIpc) is 3.30. The molecule has 0 bridgehead atoms. The van der Waals surface area contributed by atoms with E-state index in [-0.39, 0.29) is 5.82 Å². The van der Waals surface area contributed by atoms with Crippen molar-refractivity contribution in [1.82, 2.24) is 20.1 Å². The van der Waals surface area contributed by atoms with Crippen molar-refractivity contribution in [1.29, 1.82) is 0 Å². The predicted molar refractivity (Wildman–Crippen MR) is 120 cm³/mol. The summed E-state index contributed by atoms with van der Waals surface area (Å²) in [6, 6.07) is 12.5. The van der Waals surface area contributed by atoms with Crippen LogP contribution in [0.25, 0.3) is 11.3 Å². The first kappa shape index (κ1) is 20.3. The topological polar surface area (TPSA) is 53.9 Å². The third-order valence-corrected chi connectivity index (χ3v) is 6.87. The average molecular weight is 438 g/mol. The fraction of sp³-hybridized carbons (Fsp3) is 0.375. The van der Waals surface area contributed by atoms with Gasteiger partial charge >= 0.3 is 0 Å². The van der Waals surface area contributed by atoms with E-state index in [1.807, 2.05) is 24.4 Å². The zero-order valence-corrected chi connectivity index (χ0v) is 18.2. The lowest BCUT2D eigenvalue weighted by molar-refractivity contribution is 0.297. The molecule has 31 heavy (non-hydrogen) atoms. The van der Waals surface area contributed by atoms with E-state index in [1.165, 1.54) is 29.5 Å². The van der Waals surface area contributed by atoms with Gasteiger partial charge in [-0.15, -0.1) is 10.2 Å². The normalized spacial score (nSPS) is 23.1. The van der Waals surface area contributed by atoms with Gasteiger partial charge in [-0.05, 0) is 73.6 Å². The SMILES string of the molecule is Cc1cccnc1CN1C[C@H]2CC(Nc3ccc(-c4cc(F)ccc4Cl)nn3)C[C@H]2C1. The summed E-state index contributed by atoms with van der Waals surface area (Å²) in [6.45, 7) is 5.32. The monoisotopic (exact) mass is 437 g/mol. The van der Waals surface area contributed by atoms with E-state index in [2.05, 4.69) is 38.4 Å². The van der Waals surface area contributed by atoms with Gasteiger partial charge in [0.05, 0.1) is 16.4 Å². The molecule has 2 fully saturated rings. The minimum atomic E-state index is -0.340. The molecule has 2 aromatic heterocycles. The van der Waals surface area contributed by atoms with Crippen molar-refractivity contribution in [3.63, 3.8) is 0 Å². The van der Waals surface area contributed by atoms with Crippen molar-refractivity contribution in [3.8, 4) is 11.3 Å². The zero-order chi connectivity index (χ0) is 21.4. The van der Waals surface area contributed by atoms with Crippen LogP contribution in [0.3, 0.4) is 0 Å². The first-order valence-corrected chi connectivity index (χ1v) is 11.1. The Labute approximate surface area is 186 Å². The molecule has 0 spiro atoms. The van der Waals surface area contributed by atoms with Gasteiger partial charge < -0.3 is 5.32 Å². The molecule has 1 saturated heterocycles. The fourth-order valence-corrected chi connectivity index (χ4v) is 5.21. The summed E-state index contributed by atoms with van der Waals surface area (Å²) >= 11 is 6.18. The summed E-state index contributed by atoms with van der Waals surface area (Å²) in [5, 5.41) is 12.6. The first-order valence-electron chi connectivity index (χ1n) is 10.7. The second-order valence-corrected chi connectivity index (χ2v) is 9.13. The van der Waals surface area contributed by atoms with Crippen molar-refractivity contribution in [3.05, 3.63) is 70.8 Å². The minimum absolute atomic E-state index is 0.340. The summed E-state index contributed by atoms with van der Waals surface area (Å²) in [5.74, 6) is 1.83. The Hall–Kier alpha value is -2.57. The number of fused-ring (bicyclic) bond motifs is 1. The Morgan fingerprint density at radius 1 is 1.10 bits per heavy atom. The van der Waals surface area contributed by atoms with Crippen LogP contribution in [0.4, 0.5) is 10.2 Å². The molecule has 0 amide bonds. The molecule has 3 atom stereocenters. The van der Waals surface area contributed by atoms with E-state index in [4.69, 9.17) is 11.6 Å². The highest BCUT2D eigenvalue weighted by Crippen LogP contribution is 2.39. The van der Waals surface area contributed by atoms with Crippen LogP contribution in [0.5, 0.6) is 0 Å². The number of nitrogens with zero attached hydrogens (tertiary/aromatic N) is 4. The van der Waals surface area contributed by atoms with Crippen LogP contribution in [0, 0.1) is 24.6 Å². The molecular formula is C24H25ClFN5. The van der Waals surface area contributed by atoms with Crippen LogP contribution in [0.15, 0.2) is 48.7 Å². The number of aromatic nitrogens is 3. The quantitative estimate of drug-likeness (QED) is 0.611. The van der Waals surface area contributed by atoms with Crippen LogP contribution in [0.1, 0.15) is 24.1 Å². The van der Waals surface area contributed by atoms with Crippen LogP contribution in [0.2, 0.25) is 5.02 Å². The van der Waals surface area contributed by atoms with E-state index in [9.17, 15) is 4.39 Å². The Balaban J connectivity index is 1.17. The Kier molecular flexibility index (Phi) is 5.59. The first-order chi connectivity index (χ1) is 15.0. The highest BCUT2D eigenvalue weighted by atomic mass is 35.5. The van der Waals surface area contributed by atoms with Gasteiger partial charge in [-0.25, -0.2) is 4.39 Å². The van der Waals surface area contributed by atoms with Gasteiger partial charge in [0.15, 0.2) is 0 Å². The summed E-state index contributed by atoms with van der Waals surface area (Å²) in [4.78, 5) is 7.09. The standard InChI is InChI=1S/C24H25ClFN5/c1-15-3-2-8-27-23(15)14-31-12-16-9-19(10-17(16)13-31)28-24-7-6-22(29-30-24)20-11-18(26)4-5-21(20)25/h2-8,11,16-17,19H,9-10,12-14H2,1H3,(H,28,30)/t16-,17+,19?. The number of pyridine rings is 1. The molecule has 3 heterocycles. The summed E-state index contributed by atoms with van der Waals surface area (Å²) in [7, 11) is 0. The van der Waals surface area contributed by atoms with Crippen LogP contribution < -0.4 is 5.32 Å². The third-order valence-electron chi connectivity index (χ3n) is 6.54. The predicted octanol–water partition coefficient (Wildman–Crippen LogP) is 4.96. The molecule has 7 heteroatoms. The maximum atomic E-state index is 13.5. The molecule has 1 aromatic carbocycles. The molecule has 1 unspecified atom stereocenters. The number of hydrogen-bond donors (Lipinski definition) is 1. The molecule has 1 aliphatic carbocycles. The van der Waals surface area contributed by atoms with Gasteiger partial charge in [-0.1, -0.05) is 17.7 Å². The Morgan fingerprint density at radius 3 is 2.61 bits per heavy atom. The molecule has 5 nitrogen and oxygen atoms in total. The van der Waals surface area contributed by atoms with Crippen LogP contribution in [-0.2, 0) is 6.54 Å². The third kappa shape index (κ3) is 4.41. The van der Waals surface area contributed by atoms with Gasteiger partial charge in [0, 0.05) is 37.4 Å². The van der Waals surface area contributed by atoms with E-state index in [1.54, 1.807) is 0 Å². The lowest BCUT2D eigenvalue weighted by Crippen LogP contribution is -2.25. The van der Waals surface area contributed by atoms with Gasteiger partial charge in [0.25, 0.3) is 0 Å². The molecule has 160 valence electrons. The number of rotatable bonds is 5. The Morgan fingerprint density at radius 2 is 1.90 bits per heavy atom. The Bertz CT molecular complexity index is 1060. The van der Waals surface area contributed by atoms with E-state index >= 15 is 0 Å². The van der Waals surface area contributed by atoms with E-state index < -0.39 is 0 Å². The van der Waals surface area contributed by atoms with Gasteiger partial charge in [0.1, 0.15) is 11.6 Å². The van der Waals surface area contributed by atoms with Crippen molar-refractivity contribution in [2.45, 2.75) is 32.4 Å².